The van der Waals surface area contributed by atoms with Crippen LogP contribution in [0.4, 0.5) is 0 Å². The number of rotatable bonds is 6. The summed E-state index contributed by atoms with van der Waals surface area (Å²) in [6.07, 6.45) is -0.745. The monoisotopic (exact) mass is 300 g/mol. The van der Waals surface area contributed by atoms with E-state index in [1.54, 1.807) is 24.3 Å². The highest BCUT2D eigenvalue weighted by Gasteiger charge is 2.17. The van der Waals surface area contributed by atoms with Gasteiger partial charge >= 0.3 is 0 Å². The van der Waals surface area contributed by atoms with Crippen molar-refractivity contribution in [2.45, 2.75) is 32.0 Å². The molecule has 0 saturated carbocycles. The molecule has 0 amide bonds. The Morgan fingerprint density at radius 1 is 1.29 bits per heavy atom. The van der Waals surface area contributed by atoms with Crippen molar-refractivity contribution in [1.29, 1.82) is 0 Å². The Kier molecular flexibility index (Phi) is 5.82. The first-order valence-electron chi connectivity index (χ1n) is 5.65. The molecule has 0 bridgehead atoms. The van der Waals surface area contributed by atoms with Crippen LogP contribution in [0.15, 0.2) is 24.3 Å². The Morgan fingerprint density at radius 2 is 1.88 bits per heavy atom. The topological polar surface area (TPSA) is 57.5 Å². The van der Waals surface area contributed by atoms with Crippen LogP contribution in [0.3, 0.4) is 0 Å². The number of aliphatic hydroxyl groups is 2. The van der Waals surface area contributed by atoms with Gasteiger partial charge in [0, 0.05) is 17.3 Å². The Bertz CT molecular complexity index is 361. The number of alkyl halides is 1. The largest absolute Gasteiger partial charge is 0.390 e. The second-order valence-corrected chi connectivity index (χ2v) is 4.68. The summed E-state index contributed by atoms with van der Waals surface area (Å²) in [5.41, 5.74) is 1.27. The molecule has 2 atom stereocenters. The van der Waals surface area contributed by atoms with E-state index < -0.39 is 12.2 Å². The highest BCUT2D eigenvalue weighted by atomic mass is 79.9. The zero-order valence-corrected chi connectivity index (χ0v) is 11.4. The van der Waals surface area contributed by atoms with Gasteiger partial charge in [-0.2, -0.15) is 0 Å². The third-order valence-corrected chi connectivity index (χ3v) is 3.12. The van der Waals surface area contributed by atoms with Gasteiger partial charge in [-0.1, -0.05) is 47.1 Å². The van der Waals surface area contributed by atoms with Crippen LogP contribution in [0, 0.1) is 0 Å². The minimum Gasteiger partial charge on any atom is -0.390 e. The number of Topliss-reactive ketones (excluding diaryl/α,β-unsaturated/α-hetero) is 1. The summed E-state index contributed by atoms with van der Waals surface area (Å²) in [6.45, 7) is 1.81. The summed E-state index contributed by atoms with van der Waals surface area (Å²) in [5.74, 6) is 0.0760. The van der Waals surface area contributed by atoms with Crippen LogP contribution in [-0.4, -0.2) is 27.4 Å². The summed E-state index contributed by atoms with van der Waals surface area (Å²) in [4.78, 5) is 11.4. The van der Waals surface area contributed by atoms with Gasteiger partial charge in [-0.05, 0) is 12.0 Å². The maximum atomic E-state index is 11.4. The van der Waals surface area contributed by atoms with Gasteiger partial charge in [-0.15, -0.1) is 0 Å². The minimum atomic E-state index is -0.904. The van der Waals surface area contributed by atoms with E-state index in [-0.39, 0.29) is 5.78 Å². The van der Waals surface area contributed by atoms with Gasteiger partial charge in [0.1, 0.15) is 6.10 Å². The molecule has 0 heterocycles. The van der Waals surface area contributed by atoms with Crippen molar-refractivity contribution in [2.75, 3.05) is 5.33 Å². The molecule has 0 aliphatic heterocycles. The van der Waals surface area contributed by atoms with E-state index in [1.165, 1.54) is 0 Å². The fourth-order valence-corrected chi connectivity index (χ4v) is 2.03. The molecule has 0 aromatic heterocycles. The van der Waals surface area contributed by atoms with Gasteiger partial charge in [0.15, 0.2) is 5.78 Å². The SMILES string of the molecule is CCC(=O)c1ccc(C(O)C(O)CCBr)cc1. The Morgan fingerprint density at radius 3 is 2.35 bits per heavy atom. The number of carbonyl (C=O) groups excluding carboxylic acids is 1. The second-order valence-electron chi connectivity index (χ2n) is 3.89. The summed E-state index contributed by atoms with van der Waals surface area (Å²) in [6, 6.07) is 6.74. The molecule has 0 fully saturated rings. The first kappa shape index (κ1) is 14.4. The van der Waals surface area contributed by atoms with Crippen molar-refractivity contribution in [3.05, 3.63) is 35.4 Å². The third-order valence-electron chi connectivity index (χ3n) is 2.66. The van der Waals surface area contributed by atoms with Crippen LogP contribution in [0.5, 0.6) is 0 Å². The van der Waals surface area contributed by atoms with Crippen molar-refractivity contribution in [3.8, 4) is 0 Å². The van der Waals surface area contributed by atoms with E-state index in [4.69, 9.17) is 0 Å². The van der Waals surface area contributed by atoms with E-state index in [0.29, 0.717) is 29.3 Å². The normalized spacial score (nSPS) is 14.4. The molecular formula is C13H17BrO3. The van der Waals surface area contributed by atoms with Gasteiger partial charge in [0.25, 0.3) is 0 Å². The minimum absolute atomic E-state index is 0.0760. The van der Waals surface area contributed by atoms with Crippen LogP contribution in [0.25, 0.3) is 0 Å². The smallest absolute Gasteiger partial charge is 0.162 e. The van der Waals surface area contributed by atoms with Gasteiger partial charge < -0.3 is 10.2 Å². The maximum absolute atomic E-state index is 11.4. The van der Waals surface area contributed by atoms with Crippen molar-refractivity contribution in [3.63, 3.8) is 0 Å². The first-order chi connectivity index (χ1) is 8.10. The number of carbonyl (C=O) groups is 1. The number of ketones is 1. The molecule has 0 saturated heterocycles. The molecule has 3 nitrogen and oxygen atoms in total. The van der Waals surface area contributed by atoms with E-state index in [1.807, 2.05) is 6.92 Å². The first-order valence-corrected chi connectivity index (χ1v) is 6.77. The zero-order chi connectivity index (χ0) is 12.8. The predicted molar refractivity (Wildman–Crippen MR) is 70.4 cm³/mol. The fourth-order valence-electron chi connectivity index (χ4n) is 1.56. The van der Waals surface area contributed by atoms with E-state index in [2.05, 4.69) is 15.9 Å². The molecule has 2 N–H and O–H groups in total. The van der Waals surface area contributed by atoms with Gasteiger partial charge in [-0.3, -0.25) is 4.79 Å². The Labute approximate surface area is 110 Å². The van der Waals surface area contributed by atoms with E-state index >= 15 is 0 Å². The van der Waals surface area contributed by atoms with E-state index in [0.717, 1.165) is 0 Å². The van der Waals surface area contributed by atoms with Crippen LogP contribution in [0.1, 0.15) is 41.8 Å². The Hall–Kier alpha value is -0.710. The van der Waals surface area contributed by atoms with Gasteiger partial charge in [-0.25, -0.2) is 0 Å². The standard InChI is InChI=1S/C13H17BrO3/c1-2-11(15)9-3-5-10(6-4-9)13(17)12(16)7-8-14/h3-6,12-13,16-17H,2,7-8H2,1H3. The number of halogens is 1. The van der Waals surface area contributed by atoms with Crippen LogP contribution >= 0.6 is 15.9 Å². The summed E-state index contributed by atoms with van der Waals surface area (Å²) in [7, 11) is 0. The molecule has 0 aliphatic rings. The molecule has 0 radical (unpaired) electrons. The highest BCUT2D eigenvalue weighted by Crippen LogP contribution is 2.20. The van der Waals surface area contributed by atoms with Crippen molar-refractivity contribution >= 4 is 21.7 Å². The lowest BCUT2D eigenvalue weighted by Gasteiger charge is -2.17. The third kappa shape index (κ3) is 3.91. The summed E-state index contributed by atoms with van der Waals surface area (Å²) in [5, 5.41) is 20.1. The lowest BCUT2D eigenvalue weighted by molar-refractivity contribution is 0.0173. The molecule has 17 heavy (non-hydrogen) atoms. The maximum Gasteiger partial charge on any atom is 0.162 e. The lowest BCUT2D eigenvalue weighted by atomic mass is 10.00. The fraction of sp³-hybridized carbons (Fsp3) is 0.462. The summed E-state index contributed by atoms with van der Waals surface area (Å²) >= 11 is 3.22. The van der Waals surface area contributed by atoms with E-state index in [9.17, 15) is 15.0 Å². The molecule has 1 aromatic rings. The van der Waals surface area contributed by atoms with Crippen LogP contribution in [0.2, 0.25) is 0 Å². The summed E-state index contributed by atoms with van der Waals surface area (Å²) < 4.78 is 0. The lowest BCUT2D eigenvalue weighted by Crippen LogP contribution is -2.18. The Balaban J connectivity index is 2.76. The quantitative estimate of drug-likeness (QED) is 0.627. The molecule has 0 aliphatic carbocycles. The van der Waals surface area contributed by atoms with Gasteiger partial charge in [0.05, 0.1) is 6.10 Å². The number of hydrogen-bond acceptors (Lipinski definition) is 3. The van der Waals surface area contributed by atoms with Crippen molar-refractivity contribution in [1.82, 2.24) is 0 Å². The zero-order valence-electron chi connectivity index (χ0n) is 9.77. The average molecular weight is 301 g/mol. The van der Waals surface area contributed by atoms with Crippen LogP contribution in [-0.2, 0) is 0 Å². The molecule has 1 rings (SSSR count). The highest BCUT2D eigenvalue weighted by molar-refractivity contribution is 9.09. The van der Waals surface area contributed by atoms with Crippen LogP contribution < -0.4 is 0 Å². The average Bonchev–Trinajstić information content (AvgIpc) is 2.37. The van der Waals surface area contributed by atoms with Gasteiger partial charge in [0.2, 0.25) is 0 Å². The molecule has 2 unspecified atom stereocenters. The molecule has 0 spiro atoms. The molecule has 94 valence electrons. The van der Waals surface area contributed by atoms with Crippen molar-refractivity contribution < 1.29 is 15.0 Å². The number of aliphatic hydroxyl groups excluding tert-OH is 2. The molecule has 1 aromatic carbocycles. The number of benzene rings is 1. The predicted octanol–water partition coefficient (Wildman–Crippen LogP) is 2.46. The molecule has 4 heteroatoms. The number of hydrogen-bond donors (Lipinski definition) is 2. The molecular weight excluding hydrogens is 284 g/mol. The van der Waals surface area contributed by atoms with Crippen molar-refractivity contribution in [2.24, 2.45) is 0 Å². The second kappa shape index (κ2) is 6.89.